The van der Waals surface area contributed by atoms with Gasteiger partial charge in [0.25, 0.3) is 5.56 Å². The van der Waals surface area contributed by atoms with Crippen LogP contribution in [0.25, 0.3) is 0 Å². The lowest BCUT2D eigenvalue weighted by Crippen LogP contribution is -2.24. The highest BCUT2D eigenvalue weighted by Gasteiger charge is 2.24. The molecule has 0 amide bonds. The molecule has 2 rings (SSSR count). The minimum absolute atomic E-state index is 0.0282. The van der Waals surface area contributed by atoms with Gasteiger partial charge in [-0.25, -0.2) is 0 Å². The van der Waals surface area contributed by atoms with Gasteiger partial charge in [-0.05, 0) is 13.3 Å². The number of nitrogens with one attached hydrogen (secondary N) is 1. The molecule has 0 fully saturated rings. The fraction of sp³-hybridized carbons (Fsp3) is 0.417. The summed E-state index contributed by atoms with van der Waals surface area (Å²) in [4.78, 5) is 37.0. The SMILES string of the molecule is CCc1c2c([nH]c(=O)c1C)OC(=O)CCC(=O)O2. The lowest BCUT2D eigenvalue weighted by Gasteiger charge is -2.17. The summed E-state index contributed by atoms with van der Waals surface area (Å²) >= 11 is 0. The summed E-state index contributed by atoms with van der Waals surface area (Å²) in [6, 6.07) is 0. The van der Waals surface area contributed by atoms with E-state index in [4.69, 9.17) is 9.47 Å². The first-order valence-electron chi connectivity index (χ1n) is 5.70. The third-order valence-electron chi connectivity index (χ3n) is 2.82. The highest BCUT2D eigenvalue weighted by atomic mass is 16.6. The van der Waals surface area contributed by atoms with E-state index in [0.29, 0.717) is 17.5 Å². The molecule has 6 nitrogen and oxygen atoms in total. The van der Waals surface area contributed by atoms with Gasteiger partial charge in [-0.2, -0.15) is 0 Å². The zero-order valence-electron chi connectivity index (χ0n) is 10.2. The van der Waals surface area contributed by atoms with Gasteiger partial charge in [0.1, 0.15) is 0 Å². The topological polar surface area (TPSA) is 85.5 Å². The molecule has 0 saturated carbocycles. The molecule has 0 aromatic carbocycles. The number of carbonyl (C=O) groups is 2. The zero-order valence-corrected chi connectivity index (χ0v) is 10.2. The lowest BCUT2D eigenvalue weighted by molar-refractivity contribution is -0.143. The Morgan fingerprint density at radius 2 is 1.72 bits per heavy atom. The summed E-state index contributed by atoms with van der Waals surface area (Å²) in [5.74, 6) is -1.00. The third-order valence-corrected chi connectivity index (χ3v) is 2.82. The minimum atomic E-state index is -0.561. The maximum absolute atomic E-state index is 11.7. The van der Waals surface area contributed by atoms with Crippen molar-refractivity contribution in [3.63, 3.8) is 0 Å². The lowest BCUT2D eigenvalue weighted by atomic mass is 10.1. The predicted octanol–water partition coefficient (Wildman–Crippen LogP) is 0.850. The zero-order chi connectivity index (χ0) is 13.3. The maximum Gasteiger partial charge on any atom is 0.313 e. The molecule has 96 valence electrons. The van der Waals surface area contributed by atoms with Crippen molar-refractivity contribution >= 4 is 11.9 Å². The molecule has 1 aliphatic rings. The molecule has 6 heteroatoms. The van der Waals surface area contributed by atoms with Gasteiger partial charge < -0.3 is 9.47 Å². The van der Waals surface area contributed by atoms with Gasteiger partial charge in [0.2, 0.25) is 5.88 Å². The highest BCUT2D eigenvalue weighted by Crippen LogP contribution is 2.32. The first kappa shape index (κ1) is 12.3. The summed E-state index contributed by atoms with van der Waals surface area (Å²) in [5.41, 5.74) is 0.687. The molecule has 0 radical (unpaired) electrons. The highest BCUT2D eigenvalue weighted by molar-refractivity contribution is 5.82. The second-order valence-electron chi connectivity index (χ2n) is 4.02. The van der Waals surface area contributed by atoms with E-state index in [9.17, 15) is 14.4 Å². The Balaban J connectivity index is 2.64. The number of ether oxygens (including phenoxy) is 2. The number of esters is 2. The van der Waals surface area contributed by atoms with Gasteiger partial charge in [0.05, 0.1) is 12.8 Å². The number of pyridine rings is 1. The maximum atomic E-state index is 11.7. The molecular formula is C12H13NO5. The van der Waals surface area contributed by atoms with E-state index in [0.717, 1.165) is 0 Å². The number of aromatic nitrogens is 1. The number of hydrogen-bond acceptors (Lipinski definition) is 5. The molecule has 1 N–H and O–H groups in total. The van der Waals surface area contributed by atoms with Crippen LogP contribution in [0.4, 0.5) is 0 Å². The Hall–Kier alpha value is -2.11. The molecule has 18 heavy (non-hydrogen) atoms. The Kier molecular flexibility index (Phi) is 3.18. The third kappa shape index (κ3) is 2.13. The number of hydrogen-bond donors (Lipinski definition) is 1. The quantitative estimate of drug-likeness (QED) is 0.748. The van der Waals surface area contributed by atoms with Crippen LogP contribution >= 0.6 is 0 Å². The second-order valence-corrected chi connectivity index (χ2v) is 4.02. The molecular weight excluding hydrogens is 238 g/mol. The monoisotopic (exact) mass is 251 g/mol. The van der Waals surface area contributed by atoms with Gasteiger partial charge >= 0.3 is 11.9 Å². The summed E-state index contributed by atoms with van der Waals surface area (Å²) < 4.78 is 10.1. The van der Waals surface area contributed by atoms with Crippen LogP contribution in [0.1, 0.15) is 30.9 Å². The summed E-state index contributed by atoms with van der Waals surface area (Å²) in [5, 5.41) is 0. The van der Waals surface area contributed by atoms with Crippen LogP contribution in [0.3, 0.4) is 0 Å². The number of H-pyrrole nitrogens is 1. The summed E-state index contributed by atoms with van der Waals surface area (Å²) in [6.45, 7) is 3.46. The minimum Gasteiger partial charge on any atom is -0.420 e. The van der Waals surface area contributed by atoms with Crippen LogP contribution < -0.4 is 15.0 Å². The van der Waals surface area contributed by atoms with Crippen molar-refractivity contribution in [1.29, 1.82) is 0 Å². The van der Waals surface area contributed by atoms with Crippen molar-refractivity contribution in [2.24, 2.45) is 0 Å². The number of rotatable bonds is 1. The Morgan fingerprint density at radius 3 is 2.33 bits per heavy atom. The van der Waals surface area contributed by atoms with E-state index in [1.165, 1.54) is 0 Å². The molecule has 0 aliphatic carbocycles. The van der Waals surface area contributed by atoms with Crippen LogP contribution in [0, 0.1) is 6.92 Å². The predicted molar refractivity (Wildman–Crippen MR) is 61.7 cm³/mol. The van der Waals surface area contributed by atoms with E-state index < -0.39 is 11.9 Å². The standard InChI is InChI=1S/C12H13NO5/c1-3-7-6(2)11(16)13-12-10(7)17-8(14)4-5-9(15)18-12/h3-5H2,1-2H3,(H,13,16). The molecule has 1 aliphatic heterocycles. The Labute approximate surface area is 103 Å². The van der Waals surface area contributed by atoms with Gasteiger partial charge in [0.15, 0.2) is 5.75 Å². The van der Waals surface area contributed by atoms with Crippen molar-refractivity contribution in [2.45, 2.75) is 33.1 Å². The van der Waals surface area contributed by atoms with Gasteiger partial charge in [0, 0.05) is 11.1 Å². The van der Waals surface area contributed by atoms with Crippen molar-refractivity contribution < 1.29 is 19.1 Å². The Bertz CT molecular complexity index is 573. The van der Waals surface area contributed by atoms with E-state index in [2.05, 4.69) is 4.98 Å². The van der Waals surface area contributed by atoms with E-state index >= 15 is 0 Å². The van der Waals surface area contributed by atoms with Gasteiger partial charge in [-0.1, -0.05) is 6.92 Å². The van der Waals surface area contributed by atoms with Crippen LogP contribution in [0.15, 0.2) is 4.79 Å². The van der Waals surface area contributed by atoms with Crippen LogP contribution in [0.2, 0.25) is 0 Å². The smallest absolute Gasteiger partial charge is 0.313 e. The van der Waals surface area contributed by atoms with E-state index in [-0.39, 0.29) is 30.0 Å². The van der Waals surface area contributed by atoms with E-state index in [1.807, 2.05) is 6.92 Å². The molecule has 0 unspecified atom stereocenters. The number of carbonyl (C=O) groups excluding carboxylic acids is 2. The fourth-order valence-electron chi connectivity index (χ4n) is 1.84. The normalized spacial score (nSPS) is 15.2. The summed E-state index contributed by atoms with van der Waals surface area (Å²) in [6.07, 6.45) is 0.415. The fourth-order valence-corrected chi connectivity index (χ4v) is 1.84. The first-order chi connectivity index (χ1) is 8.52. The van der Waals surface area contributed by atoms with Crippen molar-refractivity contribution in [3.05, 3.63) is 21.5 Å². The number of fused-ring (bicyclic) bond motifs is 1. The molecule has 0 spiro atoms. The summed E-state index contributed by atoms with van der Waals surface area (Å²) in [7, 11) is 0. The Morgan fingerprint density at radius 1 is 1.11 bits per heavy atom. The average molecular weight is 251 g/mol. The molecule has 1 aromatic heterocycles. The van der Waals surface area contributed by atoms with Crippen LogP contribution in [-0.4, -0.2) is 16.9 Å². The largest absolute Gasteiger partial charge is 0.420 e. The van der Waals surface area contributed by atoms with Crippen molar-refractivity contribution in [2.75, 3.05) is 0 Å². The van der Waals surface area contributed by atoms with Crippen LogP contribution in [0.5, 0.6) is 11.6 Å². The first-order valence-corrected chi connectivity index (χ1v) is 5.70. The molecule has 0 atom stereocenters. The van der Waals surface area contributed by atoms with Crippen LogP contribution in [-0.2, 0) is 16.0 Å². The molecule has 0 saturated heterocycles. The van der Waals surface area contributed by atoms with Crippen molar-refractivity contribution in [1.82, 2.24) is 4.98 Å². The van der Waals surface area contributed by atoms with Gasteiger partial charge in [-0.3, -0.25) is 19.4 Å². The van der Waals surface area contributed by atoms with Crippen molar-refractivity contribution in [3.8, 4) is 11.6 Å². The second kappa shape index (κ2) is 4.64. The van der Waals surface area contributed by atoms with Gasteiger partial charge in [-0.15, -0.1) is 0 Å². The average Bonchev–Trinajstić information content (AvgIpc) is 2.32. The molecule has 2 heterocycles. The molecule has 1 aromatic rings. The molecule has 0 bridgehead atoms. The number of aromatic amines is 1. The van der Waals surface area contributed by atoms with E-state index in [1.54, 1.807) is 6.92 Å².